The van der Waals surface area contributed by atoms with Crippen LogP contribution in [0.2, 0.25) is 0 Å². The van der Waals surface area contributed by atoms with Crippen LogP contribution in [-0.4, -0.2) is 171 Å². The van der Waals surface area contributed by atoms with Gasteiger partial charge in [0.15, 0.2) is 0 Å². The van der Waals surface area contributed by atoms with Gasteiger partial charge in [-0.1, -0.05) is 129 Å². The monoisotopic (exact) mass is 939 g/mol. The van der Waals surface area contributed by atoms with E-state index in [-0.39, 0.29) is 25.2 Å². The molecule has 0 N–H and O–H groups in total. The summed E-state index contributed by atoms with van der Waals surface area (Å²) in [6, 6.07) is 0. The van der Waals surface area contributed by atoms with Gasteiger partial charge in [0.2, 0.25) is 0 Å². The third-order valence-corrected chi connectivity index (χ3v) is 10.2. The zero-order chi connectivity index (χ0) is 46.9. The third kappa shape index (κ3) is 58.6. The molecule has 0 rings (SSSR count). The molecule has 15 heteroatoms. The second kappa shape index (κ2) is 58.6. The first-order valence-corrected chi connectivity index (χ1v) is 25.9. The van der Waals surface area contributed by atoms with E-state index in [1.165, 1.54) is 103 Å². The molecule has 0 fully saturated rings. The first kappa shape index (κ1) is 63.5. The average Bonchev–Trinajstić information content (AvgIpc) is 3.31. The molecule has 0 aliphatic heterocycles. The highest BCUT2D eigenvalue weighted by Gasteiger charge is 2.05. The summed E-state index contributed by atoms with van der Waals surface area (Å²) in [6.45, 7) is 15.4. The van der Waals surface area contributed by atoms with Crippen molar-refractivity contribution in [3.05, 3.63) is 0 Å². The first-order chi connectivity index (χ1) is 32.2. The number of carbonyl (C=O) groups is 2. The van der Waals surface area contributed by atoms with Crippen molar-refractivity contribution in [1.82, 2.24) is 0 Å². The van der Waals surface area contributed by atoms with Crippen LogP contribution >= 0.6 is 0 Å². The maximum Gasteiger partial charge on any atom is 0.305 e. The number of ether oxygens (including phenoxy) is 13. The molecule has 388 valence electrons. The maximum atomic E-state index is 11.9. The number of hydrogen-bond acceptors (Lipinski definition) is 15. The lowest BCUT2D eigenvalue weighted by Gasteiger charge is -2.09. The summed E-state index contributed by atoms with van der Waals surface area (Å²) in [5.41, 5.74) is 0. The molecule has 0 radical (unpaired) electrons. The maximum absolute atomic E-state index is 11.9. The van der Waals surface area contributed by atoms with E-state index in [2.05, 4.69) is 13.8 Å². The predicted octanol–water partition coefficient (Wildman–Crippen LogP) is 8.88. The summed E-state index contributed by atoms with van der Waals surface area (Å²) >= 11 is 0. The van der Waals surface area contributed by atoms with Crippen LogP contribution in [0.1, 0.15) is 155 Å². The van der Waals surface area contributed by atoms with E-state index in [1.54, 1.807) is 0 Å². The normalized spacial score (nSPS) is 11.5. The van der Waals surface area contributed by atoms with Crippen molar-refractivity contribution in [2.75, 3.05) is 159 Å². The minimum absolute atomic E-state index is 0.135. The van der Waals surface area contributed by atoms with E-state index in [4.69, 9.17) is 61.6 Å². The van der Waals surface area contributed by atoms with E-state index in [0.717, 1.165) is 25.7 Å². The summed E-state index contributed by atoms with van der Waals surface area (Å²) in [5, 5.41) is 0. The van der Waals surface area contributed by atoms with Crippen LogP contribution in [-0.2, 0) is 71.2 Å². The fourth-order valence-corrected chi connectivity index (χ4v) is 6.39. The van der Waals surface area contributed by atoms with Crippen molar-refractivity contribution in [3.8, 4) is 0 Å². The third-order valence-electron chi connectivity index (χ3n) is 10.2. The van der Waals surface area contributed by atoms with Crippen LogP contribution in [0.25, 0.3) is 0 Å². The number of esters is 2. The molecule has 0 heterocycles. The molecule has 0 unspecified atom stereocenters. The quantitative estimate of drug-likeness (QED) is 0.0421. The van der Waals surface area contributed by atoms with Crippen LogP contribution in [0.3, 0.4) is 0 Å². The van der Waals surface area contributed by atoms with Crippen molar-refractivity contribution < 1.29 is 71.2 Å². The molecule has 0 saturated heterocycles. The Balaban J connectivity index is 3.14. The highest BCUT2D eigenvalue weighted by Crippen LogP contribution is 2.13. The lowest BCUT2D eigenvalue weighted by Crippen LogP contribution is -2.16. The molecular weight excluding hydrogens is 841 g/mol. The molecule has 15 nitrogen and oxygen atoms in total. The molecule has 0 amide bonds. The van der Waals surface area contributed by atoms with E-state index >= 15 is 0 Å². The highest BCUT2D eigenvalue weighted by molar-refractivity contribution is 5.69. The molecule has 0 bridgehead atoms. The van der Waals surface area contributed by atoms with Crippen molar-refractivity contribution >= 4 is 11.9 Å². The fraction of sp³-hybridized carbons (Fsp3) is 0.960. The van der Waals surface area contributed by atoms with Gasteiger partial charge in [-0.3, -0.25) is 9.59 Å². The molecule has 0 aliphatic carbocycles. The molecule has 0 saturated carbocycles. The Morgan fingerprint density at radius 1 is 0.215 bits per heavy atom. The minimum atomic E-state index is -0.143. The fourth-order valence-electron chi connectivity index (χ4n) is 6.39. The second-order valence-electron chi connectivity index (χ2n) is 16.0. The van der Waals surface area contributed by atoms with E-state index in [9.17, 15) is 9.59 Å². The minimum Gasteiger partial charge on any atom is -0.463 e. The standard InChI is InChI=1S/C50H98O15/c1-3-5-7-9-11-12-13-14-15-16-18-20-22-24-50(52)65-48-46-63-44-42-61-40-38-59-36-34-57-32-30-55-28-26-53-25-27-54-29-31-56-33-35-58-37-39-60-41-43-62-45-47-64-49(51)23-21-19-17-10-8-6-4-2/h3-48H2,1-2H3. The molecular formula is C50H98O15. The van der Waals surface area contributed by atoms with Crippen molar-refractivity contribution in [1.29, 1.82) is 0 Å². The lowest BCUT2D eigenvalue weighted by molar-refractivity contribution is -0.146. The van der Waals surface area contributed by atoms with Crippen molar-refractivity contribution in [2.45, 2.75) is 155 Å². The van der Waals surface area contributed by atoms with Gasteiger partial charge in [0, 0.05) is 12.8 Å². The molecule has 0 aromatic heterocycles. The van der Waals surface area contributed by atoms with Crippen LogP contribution in [0, 0.1) is 0 Å². The number of carbonyl (C=O) groups excluding carboxylic acids is 2. The van der Waals surface area contributed by atoms with E-state index in [1.807, 2.05) is 0 Å². The Morgan fingerprint density at radius 3 is 0.554 bits per heavy atom. The second-order valence-corrected chi connectivity index (χ2v) is 16.0. The van der Waals surface area contributed by atoms with Crippen molar-refractivity contribution in [2.24, 2.45) is 0 Å². The molecule has 0 spiro atoms. The summed E-state index contributed by atoms with van der Waals surface area (Å²) < 4.78 is 71.0. The summed E-state index contributed by atoms with van der Waals surface area (Å²) in [4.78, 5) is 23.6. The zero-order valence-electron chi connectivity index (χ0n) is 41.7. The van der Waals surface area contributed by atoms with Gasteiger partial charge in [0.1, 0.15) is 13.2 Å². The smallest absolute Gasteiger partial charge is 0.305 e. The zero-order valence-corrected chi connectivity index (χ0v) is 41.7. The van der Waals surface area contributed by atoms with Gasteiger partial charge < -0.3 is 61.6 Å². The van der Waals surface area contributed by atoms with Gasteiger partial charge in [0.25, 0.3) is 0 Å². The first-order valence-electron chi connectivity index (χ1n) is 25.9. The van der Waals surface area contributed by atoms with Crippen LogP contribution in [0.4, 0.5) is 0 Å². The molecule has 65 heavy (non-hydrogen) atoms. The molecule has 0 aliphatic rings. The molecule has 0 aromatic rings. The Bertz CT molecular complexity index is 916. The Kier molecular flexibility index (Phi) is 57.3. The van der Waals surface area contributed by atoms with Crippen LogP contribution in [0.5, 0.6) is 0 Å². The van der Waals surface area contributed by atoms with Gasteiger partial charge in [0.05, 0.1) is 145 Å². The summed E-state index contributed by atoms with van der Waals surface area (Å²) in [5.74, 6) is -0.278. The predicted molar refractivity (Wildman–Crippen MR) is 254 cm³/mol. The highest BCUT2D eigenvalue weighted by atomic mass is 16.6. The Labute approximate surface area is 395 Å². The number of rotatable bonds is 58. The SMILES string of the molecule is CCCCCCCCCCCCCCCC(=O)OCCOCCOCCOCCOCCOCCOCCOCCOCCOCCOCCOCCOC(=O)CCCCCCCCC. The van der Waals surface area contributed by atoms with Crippen LogP contribution < -0.4 is 0 Å². The van der Waals surface area contributed by atoms with E-state index < -0.39 is 0 Å². The van der Waals surface area contributed by atoms with Crippen LogP contribution in [0.15, 0.2) is 0 Å². The topological polar surface area (TPSA) is 154 Å². The molecule has 0 aromatic carbocycles. The Hall–Kier alpha value is -1.50. The number of unbranched alkanes of at least 4 members (excludes halogenated alkanes) is 18. The van der Waals surface area contributed by atoms with Gasteiger partial charge in [-0.2, -0.15) is 0 Å². The number of hydrogen-bond donors (Lipinski definition) is 0. The van der Waals surface area contributed by atoms with Gasteiger partial charge in [-0.15, -0.1) is 0 Å². The summed E-state index contributed by atoms with van der Waals surface area (Å²) in [6.07, 6.45) is 26.1. The van der Waals surface area contributed by atoms with Gasteiger partial charge >= 0.3 is 11.9 Å². The lowest BCUT2D eigenvalue weighted by atomic mass is 10.0. The van der Waals surface area contributed by atoms with Gasteiger partial charge in [-0.05, 0) is 12.8 Å². The van der Waals surface area contributed by atoms with Gasteiger partial charge in [-0.25, -0.2) is 0 Å². The largest absolute Gasteiger partial charge is 0.463 e. The van der Waals surface area contributed by atoms with Crippen molar-refractivity contribution in [3.63, 3.8) is 0 Å². The Morgan fingerprint density at radius 2 is 0.369 bits per heavy atom. The summed E-state index contributed by atoms with van der Waals surface area (Å²) in [7, 11) is 0. The molecule has 0 atom stereocenters. The van der Waals surface area contributed by atoms with E-state index in [0.29, 0.717) is 158 Å². The average molecular weight is 939 g/mol.